The maximum absolute atomic E-state index is 13.9. The van der Waals surface area contributed by atoms with Crippen LogP contribution in [0.25, 0.3) is 0 Å². The summed E-state index contributed by atoms with van der Waals surface area (Å²) in [4.78, 5) is 11.2. The highest BCUT2D eigenvalue weighted by molar-refractivity contribution is 5.46. The predicted octanol–water partition coefficient (Wildman–Crippen LogP) is 1.98. The Labute approximate surface area is 124 Å². The summed E-state index contributed by atoms with van der Waals surface area (Å²) in [6.07, 6.45) is -3.38. The quantitative estimate of drug-likeness (QED) is 0.780. The van der Waals surface area contributed by atoms with Crippen molar-refractivity contribution in [3.05, 3.63) is 12.0 Å². The summed E-state index contributed by atoms with van der Waals surface area (Å²) in [5.74, 6) is -0.273. The number of alkyl halides is 3. The molecule has 0 radical (unpaired) electrons. The van der Waals surface area contributed by atoms with Crippen LogP contribution in [-0.2, 0) is 4.74 Å². The fourth-order valence-electron chi connectivity index (χ4n) is 2.68. The number of ether oxygens (including phenoxy) is 1. The van der Waals surface area contributed by atoms with Gasteiger partial charge in [0.25, 0.3) is 0 Å². The zero-order valence-electron chi connectivity index (χ0n) is 11.8. The third-order valence-corrected chi connectivity index (χ3v) is 3.83. The van der Waals surface area contributed by atoms with Crippen LogP contribution in [0.3, 0.4) is 0 Å². The van der Waals surface area contributed by atoms with Crippen molar-refractivity contribution in [2.45, 2.75) is 25.1 Å². The van der Waals surface area contributed by atoms with Gasteiger partial charge < -0.3 is 14.5 Å². The lowest BCUT2D eigenvalue weighted by Crippen LogP contribution is -2.49. The van der Waals surface area contributed by atoms with E-state index >= 15 is 0 Å². The van der Waals surface area contributed by atoms with Crippen molar-refractivity contribution < 1.29 is 22.3 Å². The first-order chi connectivity index (χ1) is 10.4. The maximum atomic E-state index is 13.9. The molecule has 2 aliphatic rings. The highest BCUT2D eigenvalue weighted by Gasteiger charge is 2.44. The van der Waals surface area contributed by atoms with Gasteiger partial charge >= 0.3 is 6.18 Å². The van der Waals surface area contributed by atoms with Crippen molar-refractivity contribution >= 4 is 11.8 Å². The van der Waals surface area contributed by atoms with Gasteiger partial charge in [-0.1, -0.05) is 0 Å². The molecule has 1 aromatic rings. The van der Waals surface area contributed by atoms with E-state index < -0.39 is 18.1 Å². The van der Waals surface area contributed by atoms with Crippen LogP contribution in [0, 0.1) is 5.82 Å². The van der Waals surface area contributed by atoms with Crippen molar-refractivity contribution in [1.82, 2.24) is 9.97 Å². The van der Waals surface area contributed by atoms with E-state index in [-0.39, 0.29) is 31.5 Å². The van der Waals surface area contributed by atoms with Gasteiger partial charge in [-0.3, -0.25) is 0 Å². The Hall–Kier alpha value is -1.64. The molecule has 1 aromatic heterocycles. The zero-order chi connectivity index (χ0) is 15.7. The smallest absolute Gasteiger partial charge is 0.365 e. The first-order valence-corrected chi connectivity index (χ1v) is 7.16. The van der Waals surface area contributed by atoms with Crippen LogP contribution in [-0.4, -0.2) is 55.0 Å². The summed E-state index contributed by atoms with van der Waals surface area (Å²) < 4.78 is 56.9. The normalized spacial score (nSPS) is 23.2. The van der Waals surface area contributed by atoms with Crippen molar-refractivity contribution in [1.29, 1.82) is 0 Å². The van der Waals surface area contributed by atoms with Gasteiger partial charge in [-0.2, -0.15) is 18.2 Å². The lowest BCUT2D eigenvalue weighted by molar-refractivity contribution is -0.221. The Balaban J connectivity index is 1.80. The molecule has 22 heavy (non-hydrogen) atoms. The molecule has 0 unspecified atom stereocenters. The Morgan fingerprint density at radius 2 is 1.86 bits per heavy atom. The molecule has 9 heteroatoms. The molecule has 3 rings (SSSR count). The molecule has 0 amide bonds. The fourth-order valence-corrected chi connectivity index (χ4v) is 2.68. The molecular weight excluding hydrogens is 304 g/mol. The Bertz CT molecular complexity index is 533. The minimum atomic E-state index is -4.43. The van der Waals surface area contributed by atoms with Crippen molar-refractivity contribution in [3.8, 4) is 0 Å². The summed E-state index contributed by atoms with van der Waals surface area (Å²) in [7, 11) is 0. The zero-order valence-corrected chi connectivity index (χ0v) is 11.8. The van der Waals surface area contributed by atoms with Gasteiger partial charge in [0, 0.05) is 19.6 Å². The van der Waals surface area contributed by atoms with Gasteiger partial charge in [0.15, 0.2) is 17.7 Å². The molecule has 5 nitrogen and oxygen atoms in total. The average molecular weight is 320 g/mol. The van der Waals surface area contributed by atoms with Crippen LogP contribution in [0.5, 0.6) is 0 Å². The lowest BCUT2D eigenvalue weighted by atomic mass is 10.2. The van der Waals surface area contributed by atoms with E-state index in [9.17, 15) is 17.6 Å². The van der Waals surface area contributed by atoms with Gasteiger partial charge in [-0.25, -0.2) is 9.37 Å². The van der Waals surface area contributed by atoms with E-state index in [0.717, 1.165) is 19.0 Å². The molecular formula is C13H16F4N4O. The molecule has 0 saturated carbocycles. The van der Waals surface area contributed by atoms with Crippen molar-refractivity contribution in [2.24, 2.45) is 0 Å². The van der Waals surface area contributed by atoms with Crippen LogP contribution in [0.4, 0.5) is 29.3 Å². The minimum Gasteiger partial charge on any atom is -0.365 e. The second kappa shape index (κ2) is 5.86. The Kier molecular flexibility index (Phi) is 4.07. The van der Waals surface area contributed by atoms with E-state index in [1.54, 1.807) is 4.90 Å². The lowest BCUT2D eigenvalue weighted by Gasteiger charge is -2.34. The molecule has 0 N–H and O–H groups in total. The Morgan fingerprint density at radius 3 is 2.55 bits per heavy atom. The highest BCUT2D eigenvalue weighted by Crippen LogP contribution is 2.28. The van der Waals surface area contributed by atoms with Crippen LogP contribution in [0.15, 0.2) is 6.20 Å². The second-order valence-corrected chi connectivity index (χ2v) is 5.38. The molecule has 122 valence electrons. The number of hydrogen-bond acceptors (Lipinski definition) is 5. The predicted molar refractivity (Wildman–Crippen MR) is 71.4 cm³/mol. The number of rotatable bonds is 2. The second-order valence-electron chi connectivity index (χ2n) is 5.38. The largest absolute Gasteiger partial charge is 0.416 e. The number of aromatic nitrogens is 2. The summed E-state index contributed by atoms with van der Waals surface area (Å²) in [5, 5.41) is 0. The van der Waals surface area contributed by atoms with Gasteiger partial charge in [-0.15, -0.1) is 0 Å². The van der Waals surface area contributed by atoms with Gasteiger partial charge in [-0.05, 0) is 12.8 Å². The summed E-state index contributed by atoms with van der Waals surface area (Å²) >= 11 is 0. The number of anilines is 2. The van der Waals surface area contributed by atoms with Crippen LogP contribution < -0.4 is 9.80 Å². The van der Waals surface area contributed by atoms with Crippen LogP contribution in [0.2, 0.25) is 0 Å². The summed E-state index contributed by atoms with van der Waals surface area (Å²) in [6.45, 7) is 1.19. The van der Waals surface area contributed by atoms with Gasteiger partial charge in [0.2, 0.25) is 5.95 Å². The monoisotopic (exact) mass is 320 g/mol. The molecule has 3 heterocycles. The molecule has 0 aromatic carbocycles. The van der Waals surface area contributed by atoms with E-state index in [0.29, 0.717) is 13.1 Å². The van der Waals surface area contributed by atoms with E-state index in [1.807, 2.05) is 0 Å². The molecule has 1 atom stereocenters. The fraction of sp³-hybridized carbons (Fsp3) is 0.692. The molecule has 0 aliphatic carbocycles. The third-order valence-electron chi connectivity index (χ3n) is 3.83. The third kappa shape index (κ3) is 3.08. The van der Waals surface area contributed by atoms with Gasteiger partial charge in [0.05, 0.1) is 19.3 Å². The summed E-state index contributed by atoms with van der Waals surface area (Å²) in [5.41, 5.74) is 0. The Morgan fingerprint density at radius 1 is 1.14 bits per heavy atom. The number of morpholine rings is 1. The topological polar surface area (TPSA) is 41.5 Å². The standard InChI is InChI=1S/C13H16F4N4O/c14-9-7-18-12(19-11(9)20-3-1-2-4-20)21-5-6-22-10(8-21)13(15,16)17/h7,10H,1-6,8H2/t10-/m0/s1. The maximum Gasteiger partial charge on any atom is 0.416 e. The van der Waals surface area contributed by atoms with Crippen molar-refractivity contribution in [2.75, 3.05) is 42.6 Å². The number of halogens is 4. The highest BCUT2D eigenvalue weighted by atomic mass is 19.4. The van der Waals surface area contributed by atoms with E-state index in [4.69, 9.17) is 4.74 Å². The first kappa shape index (κ1) is 15.3. The molecule has 0 bridgehead atoms. The average Bonchev–Trinajstić information content (AvgIpc) is 3.01. The minimum absolute atomic E-state index is 0.0655. The van der Waals surface area contributed by atoms with Crippen molar-refractivity contribution in [3.63, 3.8) is 0 Å². The number of nitrogens with zero attached hydrogens (tertiary/aromatic N) is 4. The molecule has 2 aliphatic heterocycles. The molecule has 0 spiro atoms. The SMILES string of the molecule is Fc1cnc(N2CCO[C@H](C(F)(F)F)C2)nc1N1CCCC1. The summed E-state index contributed by atoms with van der Waals surface area (Å²) in [6, 6.07) is 0. The van der Waals surface area contributed by atoms with Crippen LogP contribution >= 0.6 is 0 Å². The first-order valence-electron chi connectivity index (χ1n) is 7.16. The molecule has 2 fully saturated rings. The van der Waals surface area contributed by atoms with Crippen LogP contribution in [0.1, 0.15) is 12.8 Å². The van der Waals surface area contributed by atoms with Gasteiger partial charge in [0.1, 0.15) is 0 Å². The van der Waals surface area contributed by atoms with E-state index in [2.05, 4.69) is 9.97 Å². The van der Waals surface area contributed by atoms with E-state index in [1.165, 1.54) is 4.90 Å². The number of hydrogen-bond donors (Lipinski definition) is 0. The molecule has 2 saturated heterocycles.